The van der Waals surface area contributed by atoms with Gasteiger partial charge in [-0.25, -0.2) is 0 Å². The predicted molar refractivity (Wildman–Crippen MR) is 78.6 cm³/mol. The van der Waals surface area contributed by atoms with Gasteiger partial charge in [0, 0.05) is 16.8 Å². The van der Waals surface area contributed by atoms with Gasteiger partial charge >= 0.3 is 0 Å². The normalized spacial score (nSPS) is 19.7. The van der Waals surface area contributed by atoms with E-state index in [1.54, 1.807) is 0 Å². The summed E-state index contributed by atoms with van der Waals surface area (Å²) in [6.45, 7) is 4.62. The van der Waals surface area contributed by atoms with Crippen LogP contribution in [-0.4, -0.2) is 5.78 Å². The van der Waals surface area contributed by atoms with Crippen molar-refractivity contribution in [1.82, 2.24) is 0 Å². The fraction of sp³-hybridized carbons (Fsp3) is 0.562. The number of rotatable bonds is 3. The van der Waals surface area contributed by atoms with Gasteiger partial charge in [0.05, 0.1) is 0 Å². The van der Waals surface area contributed by atoms with Crippen LogP contribution in [0.5, 0.6) is 0 Å². The van der Waals surface area contributed by atoms with Crippen LogP contribution in [0.15, 0.2) is 28.7 Å². The number of ketones is 1. The van der Waals surface area contributed by atoms with E-state index in [-0.39, 0.29) is 0 Å². The van der Waals surface area contributed by atoms with Gasteiger partial charge in [-0.05, 0) is 48.8 Å². The van der Waals surface area contributed by atoms with Crippen molar-refractivity contribution in [1.29, 1.82) is 0 Å². The molecule has 98 valence electrons. The zero-order valence-electron chi connectivity index (χ0n) is 11.2. The lowest BCUT2D eigenvalue weighted by Crippen LogP contribution is -2.27. The molecule has 1 fully saturated rings. The van der Waals surface area contributed by atoms with Crippen molar-refractivity contribution in [2.45, 2.75) is 46.0 Å². The average molecular weight is 309 g/mol. The van der Waals surface area contributed by atoms with Gasteiger partial charge < -0.3 is 0 Å². The van der Waals surface area contributed by atoms with Gasteiger partial charge in [-0.2, -0.15) is 0 Å². The van der Waals surface area contributed by atoms with Crippen LogP contribution >= 0.6 is 15.9 Å². The van der Waals surface area contributed by atoms with Crippen LogP contribution in [0.4, 0.5) is 0 Å². The minimum absolute atomic E-state index is 0.293. The lowest BCUT2D eigenvalue weighted by Gasteiger charge is -2.33. The average Bonchev–Trinajstić information content (AvgIpc) is 2.32. The molecule has 1 aromatic carbocycles. The van der Waals surface area contributed by atoms with Gasteiger partial charge in [0.1, 0.15) is 5.78 Å². The smallest absolute Gasteiger partial charge is 0.140 e. The van der Waals surface area contributed by atoms with Crippen LogP contribution in [0.2, 0.25) is 0 Å². The molecular formula is C16H21BrO. The lowest BCUT2D eigenvalue weighted by molar-refractivity contribution is -0.123. The van der Waals surface area contributed by atoms with E-state index in [9.17, 15) is 4.79 Å². The molecule has 1 nitrogen and oxygen atoms in total. The first-order valence-corrected chi connectivity index (χ1v) is 7.53. The van der Waals surface area contributed by atoms with Crippen LogP contribution < -0.4 is 0 Å². The molecular weight excluding hydrogens is 288 g/mol. The second-order valence-corrected chi connectivity index (χ2v) is 7.12. The Bertz CT molecular complexity index is 409. The van der Waals surface area contributed by atoms with Gasteiger partial charge in [-0.3, -0.25) is 4.79 Å². The number of Topliss-reactive ketones (excluding diaryl/α,β-unsaturated/α-hetero) is 1. The first-order valence-electron chi connectivity index (χ1n) is 6.73. The van der Waals surface area contributed by atoms with Gasteiger partial charge in [-0.15, -0.1) is 0 Å². The topological polar surface area (TPSA) is 17.1 Å². The first-order chi connectivity index (χ1) is 8.46. The molecule has 0 aliphatic heterocycles. The minimum Gasteiger partial charge on any atom is -0.299 e. The molecule has 0 bridgehead atoms. The molecule has 2 heteroatoms. The molecule has 1 saturated carbocycles. The number of carbonyl (C=O) groups is 1. The van der Waals surface area contributed by atoms with Gasteiger partial charge in [0.15, 0.2) is 0 Å². The highest BCUT2D eigenvalue weighted by Gasteiger charge is 2.30. The summed E-state index contributed by atoms with van der Waals surface area (Å²) in [5.74, 6) is 0.717. The van der Waals surface area contributed by atoms with E-state index >= 15 is 0 Å². The van der Waals surface area contributed by atoms with Crippen molar-refractivity contribution in [2.24, 2.45) is 11.3 Å². The summed E-state index contributed by atoms with van der Waals surface area (Å²) < 4.78 is 1.07. The van der Waals surface area contributed by atoms with Crippen molar-refractivity contribution in [3.05, 3.63) is 34.3 Å². The Morgan fingerprint density at radius 1 is 1.22 bits per heavy atom. The highest BCUT2D eigenvalue weighted by atomic mass is 79.9. The summed E-state index contributed by atoms with van der Waals surface area (Å²) >= 11 is 3.42. The van der Waals surface area contributed by atoms with Crippen LogP contribution in [0.3, 0.4) is 0 Å². The number of benzene rings is 1. The summed E-state index contributed by atoms with van der Waals surface area (Å²) in [5.41, 5.74) is 1.57. The third-order valence-electron chi connectivity index (χ3n) is 4.09. The SMILES string of the molecule is CC1(C)CCC(C(=O)Cc2ccc(Br)cc2)CC1. The molecule has 0 aromatic heterocycles. The summed E-state index contributed by atoms with van der Waals surface area (Å²) in [6, 6.07) is 8.09. The monoisotopic (exact) mass is 308 g/mol. The predicted octanol–water partition coefficient (Wildman–Crippen LogP) is 4.78. The molecule has 0 heterocycles. The lowest BCUT2D eigenvalue weighted by atomic mass is 9.71. The van der Waals surface area contributed by atoms with E-state index in [2.05, 4.69) is 29.8 Å². The van der Waals surface area contributed by atoms with Crippen molar-refractivity contribution in [2.75, 3.05) is 0 Å². The van der Waals surface area contributed by atoms with Crippen molar-refractivity contribution >= 4 is 21.7 Å². The largest absolute Gasteiger partial charge is 0.299 e. The maximum atomic E-state index is 12.3. The molecule has 0 radical (unpaired) electrons. The fourth-order valence-electron chi connectivity index (χ4n) is 2.67. The summed E-state index contributed by atoms with van der Waals surface area (Å²) in [6.07, 6.45) is 5.11. The van der Waals surface area contributed by atoms with Gasteiger partial charge in [0.25, 0.3) is 0 Å². The molecule has 0 spiro atoms. The highest BCUT2D eigenvalue weighted by molar-refractivity contribution is 9.10. The van der Waals surface area contributed by atoms with E-state index in [1.807, 2.05) is 24.3 Å². The van der Waals surface area contributed by atoms with E-state index in [0.29, 0.717) is 23.5 Å². The quantitative estimate of drug-likeness (QED) is 0.785. The van der Waals surface area contributed by atoms with Crippen molar-refractivity contribution in [3.63, 3.8) is 0 Å². The Morgan fingerprint density at radius 3 is 2.33 bits per heavy atom. The Morgan fingerprint density at radius 2 is 1.78 bits per heavy atom. The Kier molecular flexibility index (Phi) is 4.26. The van der Waals surface area contributed by atoms with Crippen LogP contribution in [-0.2, 0) is 11.2 Å². The van der Waals surface area contributed by atoms with Crippen LogP contribution in [0.1, 0.15) is 45.1 Å². The molecule has 1 aliphatic rings. The molecule has 1 aliphatic carbocycles. The summed E-state index contributed by atoms with van der Waals surface area (Å²) in [7, 11) is 0. The first kappa shape index (κ1) is 13.8. The summed E-state index contributed by atoms with van der Waals surface area (Å²) in [5, 5.41) is 0. The van der Waals surface area contributed by atoms with Crippen LogP contribution in [0, 0.1) is 11.3 Å². The fourth-order valence-corrected chi connectivity index (χ4v) is 2.93. The second kappa shape index (κ2) is 5.56. The highest BCUT2D eigenvalue weighted by Crippen LogP contribution is 2.38. The zero-order chi connectivity index (χ0) is 13.2. The van der Waals surface area contributed by atoms with Crippen molar-refractivity contribution < 1.29 is 4.79 Å². The Balaban J connectivity index is 1.91. The third kappa shape index (κ3) is 3.68. The Hall–Kier alpha value is -0.630. The molecule has 0 unspecified atom stereocenters. The van der Waals surface area contributed by atoms with E-state index in [0.717, 1.165) is 22.9 Å². The maximum absolute atomic E-state index is 12.3. The third-order valence-corrected chi connectivity index (χ3v) is 4.61. The standard InChI is InChI=1S/C16H21BrO/c1-16(2)9-7-13(8-10-16)15(18)11-12-3-5-14(17)6-4-12/h3-6,13H,7-11H2,1-2H3. The number of hydrogen-bond donors (Lipinski definition) is 0. The van der Waals surface area contributed by atoms with Crippen molar-refractivity contribution in [3.8, 4) is 0 Å². The zero-order valence-corrected chi connectivity index (χ0v) is 12.8. The number of halogens is 1. The van der Waals surface area contributed by atoms with Gasteiger partial charge in [0.2, 0.25) is 0 Å². The van der Waals surface area contributed by atoms with E-state index in [4.69, 9.17) is 0 Å². The maximum Gasteiger partial charge on any atom is 0.140 e. The number of carbonyl (C=O) groups excluding carboxylic acids is 1. The van der Waals surface area contributed by atoms with E-state index in [1.165, 1.54) is 12.8 Å². The molecule has 18 heavy (non-hydrogen) atoms. The molecule has 0 amide bonds. The van der Waals surface area contributed by atoms with E-state index < -0.39 is 0 Å². The second-order valence-electron chi connectivity index (χ2n) is 6.21. The molecule has 0 N–H and O–H groups in total. The number of hydrogen-bond acceptors (Lipinski definition) is 1. The van der Waals surface area contributed by atoms with Crippen LogP contribution in [0.25, 0.3) is 0 Å². The molecule has 1 aromatic rings. The summed E-state index contributed by atoms with van der Waals surface area (Å²) in [4.78, 5) is 12.3. The molecule has 2 rings (SSSR count). The molecule has 0 saturated heterocycles. The molecule has 0 atom stereocenters. The Labute approximate surface area is 118 Å². The minimum atomic E-state index is 0.293. The van der Waals surface area contributed by atoms with Gasteiger partial charge in [-0.1, -0.05) is 41.9 Å².